The lowest BCUT2D eigenvalue weighted by Gasteiger charge is -2.34. The van der Waals surface area contributed by atoms with Crippen LogP contribution in [0, 0.1) is 0 Å². The Morgan fingerprint density at radius 1 is 0.905 bits per heavy atom. The number of benzene rings is 3. The number of rotatable bonds is 11. The molecule has 0 heterocycles. The Kier molecular flexibility index (Phi) is 11.2. The standard InChI is InChI=1S/C31H34Cl3N3O4S/c1-2-29(31(39)35-23-12-5-3-6-13-23)36(20-26-27(33)17-10-18-28(26)34)30(38)21-37(24-14-9-11-22(32)19-24)42(40,41)25-15-7-4-8-16-25/h4,7-11,14-19,23,29H,2-3,5-6,12-13,20-21H2,1H3,(H,35,39)/t29-/m0/s1. The van der Waals surface area contributed by atoms with E-state index in [1.807, 2.05) is 6.92 Å². The number of nitrogens with zero attached hydrogens (tertiary/aromatic N) is 2. The molecule has 0 spiro atoms. The van der Waals surface area contributed by atoms with Gasteiger partial charge in [0, 0.05) is 33.2 Å². The van der Waals surface area contributed by atoms with Crippen molar-refractivity contribution in [2.45, 2.75) is 69.0 Å². The molecule has 7 nitrogen and oxygen atoms in total. The third-order valence-corrected chi connectivity index (χ3v) is 10.2. The maximum atomic E-state index is 14.2. The summed E-state index contributed by atoms with van der Waals surface area (Å²) in [5, 5.41) is 4.11. The second-order valence-corrected chi connectivity index (χ2v) is 13.4. The number of carbonyl (C=O) groups excluding carboxylic acids is 2. The highest BCUT2D eigenvalue weighted by Crippen LogP contribution is 2.30. The van der Waals surface area contributed by atoms with Crippen LogP contribution >= 0.6 is 34.8 Å². The quantitative estimate of drug-likeness (QED) is 0.240. The minimum absolute atomic E-state index is 0.0144. The van der Waals surface area contributed by atoms with Crippen LogP contribution in [0.25, 0.3) is 0 Å². The first-order valence-electron chi connectivity index (χ1n) is 14.0. The normalized spacial score (nSPS) is 14.7. The van der Waals surface area contributed by atoms with E-state index in [0.717, 1.165) is 36.4 Å². The van der Waals surface area contributed by atoms with E-state index in [2.05, 4.69) is 5.32 Å². The molecule has 3 aromatic carbocycles. The predicted molar refractivity (Wildman–Crippen MR) is 169 cm³/mol. The van der Waals surface area contributed by atoms with Gasteiger partial charge >= 0.3 is 0 Å². The molecule has 3 aromatic rings. The molecule has 4 rings (SSSR count). The van der Waals surface area contributed by atoms with Gasteiger partial charge in [0.25, 0.3) is 10.0 Å². The van der Waals surface area contributed by atoms with Crippen LogP contribution < -0.4 is 9.62 Å². The summed E-state index contributed by atoms with van der Waals surface area (Å²) in [6.45, 7) is 1.16. The largest absolute Gasteiger partial charge is 0.352 e. The van der Waals surface area contributed by atoms with Crippen LogP contribution in [-0.4, -0.2) is 43.8 Å². The molecule has 1 N–H and O–H groups in total. The Morgan fingerprint density at radius 3 is 2.17 bits per heavy atom. The van der Waals surface area contributed by atoms with E-state index >= 15 is 0 Å². The molecule has 11 heteroatoms. The first-order valence-corrected chi connectivity index (χ1v) is 16.5. The van der Waals surface area contributed by atoms with Crippen molar-refractivity contribution in [2.24, 2.45) is 0 Å². The Morgan fingerprint density at radius 2 is 1.55 bits per heavy atom. The van der Waals surface area contributed by atoms with Gasteiger partial charge in [0.2, 0.25) is 11.8 Å². The number of halogens is 3. The summed E-state index contributed by atoms with van der Waals surface area (Å²) in [4.78, 5) is 29.3. The maximum absolute atomic E-state index is 14.2. The third-order valence-electron chi connectivity index (χ3n) is 7.43. The molecule has 2 amide bonds. The van der Waals surface area contributed by atoms with E-state index < -0.39 is 28.5 Å². The Bertz CT molecular complexity index is 1480. The second kappa shape index (κ2) is 14.6. The molecule has 0 bridgehead atoms. The molecule has 42 heavy (non-hydrogen) atoms. The van der Waals surface area contributed by atoms with Crippen molar-refractivity contribution in [3.05, 3.63) is 93.4 Å². The fourth-order valence-electron chi connectivity index (χ4n) is 5.20. The molecule has 0 radical (unpaired) electrons. The average Bonchev–Trinajstić information content (AvgIpc) is 2.98. The van der Waals surface area contributed by atoms with E-state index in [1.165, 1.54) is 23.1 Å². The van der Waals surface area contributed by atoms with Crippen LogP contribution in [-0.2, 0) is 26.2 Å². The number of sulfonamides is 1. The van der Waals surface area contributed by atoms with Gasteiger partial charge in [-0.25, -0.2) is 8.42 Å². The Hall–Kier alpha value is -2.78. The van der Waals surface area contributed by atoms with Gasteiger partial charge in [-0.05, 0) is 61.7 Å². The molecule has 0 saturated heterocycles. The van der Waals surface area contributed by atoms with E-state index in [4.69, 9.17) is 34.8 Å². The van der Waals surface area contributed by atoms with Gasteiger partial charge in [0.15, 0.2) is 0 Å². The minimum Gasteiger partial charge on any atom is -0.352 e. The van der Waals surface area contributed by atoms with Gasteiger partial charge in [0.1, 0.15) is 12.6 Å². The number of hydrogen-bond donors (Lipinski definition) is 1. The maximum Gasteiger partial charge on any atom is 0.264 e. The van der Waals surface area contributed by atoms with Crippen molar-refractivity contribution in [1.29, 1.82) is 0 Å². The topological polar surface area (TPSA) is 86.8 Å². The van der Waals surface area contributed by atoms with Crippen molar-refractivity contribution in [2.75, 3.05) is 10.8 Å². The van der Waals surface area contributed by atoms with Crippen LogP contribution in [0.4, 0.5) is 5.69 Å². The van der Waals surface area contributed by atoms with E-state index in [-0.39, 0.29) is 29.1 Å². The highest BCUT2D eigenvalue weighted by Gasteiger charge is 2.35. The molecular weight excluding hydrogens is 617 g/mol. The fourth-order valence-corrected chi connectivity index (χ4v) is 7.33. The third kappa shape index (κ3) is 7.78. The van der Waals surface area contributed by atoms with Crippen LogP contribution in [0.3, 0.4) is 0 Å². The number of anilines is 1. The second-order valence-electron chi connectivity index (χ2n) is 10.3. The van der Waals surface area contributed by atoms with Gasteiger partial charge in [-0.1, -0.05) is 91.3 Å². The van der Waals surface area contributed by atoms with Crippen molar-refractivity contribution in [3.63, 3.8) is 0 Å². The number of hydrogen-bond acceptors (Lipinski definition) is 4. The highest BCUT2D eigenvalue weighted by atomic mass is 35.5. The Balaban J connectivity index is 1.73. The smallest absolute Gasteiger partial charge is 0.264 e. The lowest BCUT2D eigenvalue weighted by atomic mass is 9.95. The summed E-state index contributed by atoms with van der Waals surface area (Å²) in [6, 6.07) is 18.3. The highest BCUT2D eigenvalue weighted by molar-refractivity contribution is 7.92. The van der Waals surface area contributed by atoms with Crippen molar-refractivity contribution in [1.82, 2.24) is 10.2 Å². The van der Waals surface area contributed by atoms with Gasteiger partial charge in [-0.2, -0.15) is 0 Å². The van der Waals surface area contributed by atoms with Crippen LogP contribution in [0.2, 0.25) is 15.1 Å². The van der Waals surface area contributed by atoms with Crippen molar-refractivity contribution < 1.29 is 18.0 Å². The summed E-state index contributed by atoms with van der Waals surface area (Å²) < 4.78 is 28.8. The number of amides is 2. The van der Waals surface area contributed by atoms with Gasteiger partial charge in [-0.3, -0.25) is 13.9 Å². The monoisotopic (exact) mass is 649 g/mol. The molecule has 1 fully saturated rings. The van der Waals surface area contributed by atoms with E-state index in [9.17, 15) is 18.0 Å². The zero-order valence-electron chi connectivity index (χ0n) is 23.3. The van der Waals surface area contributed by atoms with Crippen molar-refractivity contribution in [3.8, 4) is 0 Å². The van der Waals surface area contributed by atoms with Crippen LogP contribution in [0.5, 0.6) is 0 Å². The lowest BCUT2D eigenvalue weighted by molar-refractivity contribution is -0.140. The molecule has 1 saturated carbocycles. The van der Waals surface area contributed by atoms with E-state index in [0.29, 0.717) is 27.1 Å². The zero-order chi connectivity index (χ0) is 30.3. The SMILES string of the molecule is CC[C@@H](C(=O)NC1CCCCC1)N(Cc1c(Cl)cccc1Cl)C(=O)CN(c1cccc(Cl)c1)S(=O)(=O)c1ccccc1. The van der Waals surface area contributed by atoms with Crippen LogP contribution in [0.15, 0.2) is 77.7 Å². The summed E-state index contributed by atoms with van der Waals surface area (Å²) in [5.41, 5.74) is 0.688. The van der Waals surface area contributed by atoms with Gasteiger partial charge < -0.3 is 10.2 Å². The summed E-state index contributed by atoms with van der Waals surface area (Å²) in [6.07, 6.45) is 5.26. The molecular formula is C31H34Cl3N3O4S. The fraction of sp³-hybridized carbons (Fsp3) is 0.355. The average molecular weight is 651 g/mol. The summed E-state index contributed by atoms with van der Waals surface area (Å²) in [5.74, 6) is -0.878. The number of nitrogens with one attached hydrogen (secondary N) is 1. The molecule has 0 unspecified atom stereocenters. The minimum atomic E-state index is -4.19. The van der Waals surface area contributed by atoms with E-state index in [1.54, 1.807) is 54.6 Å². The molecule has 1 atom stereocenters. The predicted octanol–water partition coefficient (Wildman–Crippen LogP) is 7.10. The molecule has 1 aliphatic carbocycles. The molecule has 224 valence electrons. The Labute approximate surface area is 262 Å². The van der Waals surface area contributed by atoms with Gasteiger partial charge in [-0.15, -0.1) is 0 Å². The number of carbonyl (C=O) groups is 2. The molecule has 0 aliphatic heterocycles. The van der Waals surface area contributed by atoms with Crippen LogP contribution in [0.1, 0.15) is 51.0 Å². The van der Waals surface area contributed by atoms with Crippen molar-refractivity contribution >= 4 is 62.3 Å². The van der Waals surface area contributed by atoms with Gasteiger partial charge in [0.05, 0.1) is 10.6 Å². The molecule has 0 aromatic heterocycles. The first kappa shape index (κ1) is 32.1. The first-order chi connectivity index (χ1) is 20.1. The zero-order valence-corrected chi connectivity index (χ0v) is 26.4. The molecule has 1 aliphatic rings. The summed E-state index contributed by atoms with van der Waals surface area (Å²) in [7, 11) is -4.19. The summed E-state index contributed by atoms with van der Waals surface area (Å²) >= 11 is 19.2. The lowest BCUT2D eigenvalue weighted by Crippen LogP contribution is -2.54.